The number of nitrogens with zero attached hydrogens (tertiary/aromatic N) is 2. The molecule has 0 spiro atoms. The van der Waals surface area contributed by atoms with Crippen LogP contribution in [0.1, 0.15) is 10.4 Å². The number of carbonyl (C=O) groups excluding carboxylic acids is 2. The van der Waals surface area contributed by atoms with E-state index in [0.29, 0.717) is 16.5 Å². The molecule has 0 saturated carbocycles. The minimum absolute atomic E-state index is 0.180. The number of rotatable bonds is 6. The Balaban J connectivity index is 1.67. The summed E-state index contributed by atoms with van der Waals surface area (Å²) < 4.78 is 4.49. The quantitative estimate of drug-likeness (QED) is 0.620. The Hall–Kier alpha value is -3.45. The van der Waals surface area contributed by atoms with Crippen LogP contribution in [0, 0.1) is 0 Å². The Labute approximate surface area is 166 Å². The number of benzene rings is 2. The molecule has 142 valence electrons. The molecule has 7 nitrogen and oxygen atoms in total. The van der Waals surface area contributed by atoms with Gasteiger partial charge in [-0.25, -0.2) is 9.97 Å². The zero-order valence-corrected chi connectivity index (χ0v) is 15.7. The van der Waals surface area contributed by atoms with E-state index in [2.05, 4.69) is 25.3 Å². The van der Waals surface area contributed by atoms with Gasteiger partial charge in [-0.1, -0.05) is 23.7 Å². The van der Waals surface area contributed by atoms with Gasteiger partial charge in [0.15, 0.2) is 0 Å². The third kappa shape index (κ3) is 5.05. The van der Waals surface area contributed by atoms with E-state index in [0.717, 1.165) is 16.9 Å². The first-order valence-corrected chi connectivity index (χ1v) is 8.74. The van der Waals surface area contributed by atoms with Crippen LogP contribution < -0.4 is 10.6 Å². The highest BCUT2D eigenvalue weighted by molar-refractivity contribution is 6.30. The first kappa shape index (κ1) is 19.3. The van der Waals surface area contributed by atoms with Crippen LogP contribution in [-0.2, 0) is 9.53 Å². The number of amides is 1. The summed E-state index contributed by atoms with van der Waals surface area (Å²) in [5, 5.41) is 6.24. The van der Waals surface area contributed by atoms with Gasteiger partial charge in [0.2, 0.25) is 5.95 Å². The van der Waals surface area contributed by atoms with Crippen molar-refractivity contribution in [3.63, 3.8) is 0 Å². The van der Waals surface area contributed by atoms with Crippen molar-refractivity contribution in [2.75, 3.05) is 19.0 Å². The van der Waals surface area contributed by atoms with Crippen LogP contribution in [0.5, 0.6) is 0 Å². The monoisotopic (exact) mass is 396 g/mol. The van der Waals surface area contributed by atoms with Gasteiger partial charge >= 0.3 is 5.97 Å². The van der Waals surface area contributed by atoms with Gasteiger partial charge in [0.1, 0.15) is 6.54 Å². The van der Waals surface area contributed by atoms with Gasteiger partial charge in [-0.2, -0.15) is 0 Å². The summed E-state index contributed by atoms with van der Waals surface area (Å²) in [5.74, 6) is -0.447. The molecule has 0 aliphatic rings. The summed E-state index contributed by atoms with van der Waals surface area (Å²) >= 11 is 5.92. The van der Waals surface area contributed by atoms with Crippen molar-refractivity contribution >= 4 is 35.1 Å². The van der Waals surface area contributed by atoms with Gasteiger partial charge in [-0.3, -0.25) is 9.59 Å². The third-order valence-electron chi connectivity index (χ3n) is 3.82. The molecule has 0 bridgehead atoms. The first-order chi connectivity index (χ1) is 13.5. The number of aromatic nitrogens is 2. The van der Waals surface area contributed by atoms with Crippen LogP contribution in [0.4, 0.5) is 11.6 Å². The Morgan fingerprint density at radius 2 is 1.75 bits per heavy atom. The minimum Gasteiger partial charge on any atom is -0.468 e. The van der Waals surface area contributed by atoms with Crippen molar-refractivity contribution in [3.05, 3.63) is 71.4 Å². The van der Waals surface area contributed by atoms with E-state index < -0.39 is 5.97 Å². The topological polar surface area (TPSA) is 93.2 Å². The van der Waals surface area contributed by atoms with E-state index in [1.807, 2.05) is 18.2 Å². The number of halogens is 1. The maximum atomic E-state index is 12.0. The van der Waals surface area contributed by atoms with Gasteiger partial charge in [-0.15, -0.1) is 0 Å². The van der Waals surface area contributed by atoms with E-state index in [1.165, 1.54) is 7.11 Å². The van der Waals surface area contributed by atoms with Crippen molar-refractivity contribution < 1.29 is 14.3 Å². The number of anilines is 2. The maximum Gasteiger partial charge on any atom is 0.325 e. The van der Waals surface area contributed by atoms with Gasteiger partial charge in [-0.05, 0) is 42.5 Å². The molecule has 0 aliphatic carbocycles. The zero-order valence-electron chi connectivity index (χ0n) is 15.0. The molecule has 28 heavy (non-hydrogen) atoms. The van der Waals surface area contributed by atoms with Crippen LogP contribution in [0.3, 0.4) is 0 Å². The number of carbonyl (C=O) groups is 2. The van der Waals surface area contributed by atoms with E-state index >= 15 is 0 Å². The summed E-state index contributed by atoms with van der Waals surface area (Å²) in [4.78, 5) is 31.8. The first-order valence-electron chi connectivity index (χ1n) is 8.36. The maximum absolute atomic E-state index is 12.0. The van der Waals surface area contributed by atoms with Crippen LogP contribution in [0.15, 0.2) is 60.8 Å². The lowest BCUT2D eigenvalue weighted by Crippen LogP contribution is -2.30. The predicted molar refractivity (Wildman–Crippen MR) is 107 cm³/mol. The fourth-order valence-electron chi connectivity index (χ4n) is 2.36. The van der Waals surface area contributed by atoms with Crippen molar-refractivity contribution in [1.29, 1.82) is 0 Å². The Kier molecular flexibility index (Phi) is 6.18. The summed E-state index contributed by atoms with van der Waals surface area (Å²) in [6.45, 7) is -0.180. The van der Waals surface area contributed by atoms with Crippen molar-refractivity contribution in [2.45, 2.75) is 0 Å². The summed E-state index contributed by atoms with van der Waals surface area (Å²) in [6.07, 6.45) is 1.66. The number of esters is 1. The molecule has 0 unspecified atom stereocenters. The molecule has 0 saturated heterocycles. The molecule has 1 amide bonds. The lowest BCUT2D eigenvalue weighted by atomic mass is 10.1. The van der Waals surface area contributed by atoms with Crippen LogP contribution in [-0.4, -0.2) is 35.5 Å². The Bertz CT molecular complexity index is 976. The van der Waals surface area contributed by atoms with Gasteiger partial charge in [0.25, 0.3) is 5.91 Å². The van der Waals surface area contributed by atoms with E-state index in [-0.39, 0.29) is 12.5 Å². The van der Waals surface area contributed by atoms with Crippen molar-refractivity contribution in [3.8, 4) is 11.3 Å². The zero-order chi connectivity index (χ0) is 19.9. The second-order valence-corrected chi connectivity index (χ2v) is 6.17. The molecule has 0 radical (unpaired) electrons. The summed E-state index contributed by atoms with van der Waals surface area (Å²) in [7, 11) is 1.26. The molecule has 0 aliphatic heterocycles. The molecule has 2 aromatic carbocycles. The lowest BCUT2D eigenvalue weighted by molar-refractivity contribution is -0.139. The van der Waals surface area contributed by atoms with Gasteiger partial charge < -0.3 is 15.4 Å². The van der Waals surface area contributed by atoms with Crippen LogP contribution in [0.2, 0.25) is 5.02 Å². The molecule has 0 fully saturated rings. The van der Waals surface area contributed by atoms with Crippen LogP contribution >= 0.6 is 11.6 Å². The summed E-state index contributed by atoms with van der Waals surface area (Å²) in [5.41, 5.74) is 2.82. The highest BCUT2D eigenvalue weighted by atomic mass is 35.5. The normalized spacial score (nSPS) is 10.2. The average molecular weight is 397 g/mol. The number of methoxy groups -OCH3 is 1. The lowest BCUT2D eigenvalue weighted by Gasteiger charge is -2.08. The number of ether oxygens (including phenoxy) is 1. The second kappa shape index (κ2) is 8.96. The SMILES string of the molecule is COC(=O)CNC(=O)c1ccc(Nc2nccc(-c3ccc(Cl)cc3)n2)cc1. The fraction of sp³-hybridized carbons (Fsp3) is 0.100. The number of hydrogen-bond donors (Lipinski definition) is 2. The fourth-order valence-corrected chi connectivity index (χ4v) is 2.49. The Morgan fingerprint density at radius 3 is 2.43 bits per heavy atom. The predicted octanol–water partition coefficient (Wildman–Crippen LogP) is 3.44. The molecule has 0 atom stereocenters. The molecule has 1 aromatic heterocycles. The standard InChI is InChI=1S/C20H17ClN4O3/c1-28-18(26)12-23-19(27)14-4-8-16(9-5-14)24-20-22-11-10-17(25-20)13-2-6-15(21)7-3-13/h2-11H,12H2,1H3,(H,23,27)(H,22,24,25). The second-order valence-electron chi connectivity index (χ2n) is 5.73. The average Bonchev–Trinajstić information content (AvgIpc) is 2.73. The molecule has 8 heteroatoms. The highest BCUT2D eigenvalue weighted by Crippen LogP contribution is 2.21. The van der Waals surface area contributed by atoms with Gasteiger partial charge in [0, 0.05) is 28.0 Å². The van der Waals surface area contributed by atoms with E-state index in [1.54, 1.807) is 42.6 Å². The molecule has 1 heterocycles. The van der Waals surface area contributed by atoms with Gasteiger partial charge in [0.05, 0.1) is 12.8 Å². The van der Waals surface area contributed by atoms with Crippen molar-refractivity contribution in [2.24, 2.45) is 0 Å². The third-order valence-corrected chi connectivity index (χ3v) is 4.07. The van der Waals surface area contributed by atoms with Crippen molar-refractivity contribution in [1.82, 2.24) is 15.3 Å². The van der Waals surface area contributed by atoms with E-state index in [9.17, 15) is 9.59 Å². The molecule has 2 N–H and O–H groups in total. The molecular formula is C20H17ClN4O3. The molecule has 3 rings (SSSR count). The smallest absolute Gasteiger partial charge is 0.325 e. The number of hydrogen-bond acceptors (Lipinski definition) is 6. The van der Waals surface area contributed by atoms with E-state index in [4.69, 9.17) is 11.6 Å². The highest BCUT2D eigenvalue weighted by Gasteiger charge is 2.08. The summed E-state index contributed by atoms with van der Waals surface area (Å²) in [6, 6.07) is 15.9. The molecular weight excluding hydrogens is 380 g/mol. The largest absolute Gasteiger partial charge is 0.468 e. The minimum atomic E-state index is -0.510. The van der Waals surface area contributed by atoms with Crippen LogP contribution in [0.25, 0.3) is 11.3 Å². The Morgan fingerprint density at radius 1 is 1.04 bits per heavy atom. The number of nitrogens with one attached hydrogen (secondary N) is 2. The molecule has 3 aromatic rings.